The van der Waals surface area contributed by atoms with Gasteiger partial charge >= 0.3 is 0 Å². The summed E-state index contributed by atoms with van der Waals surface area (Å²) < 4.78 is 11.6. The van der Waals surface area contributed by atoms with Gasteiger partial charge in [-0.05, 0) is 52.9 Å². The van der Waals surface area contributed by atoms with Gasteiger partial charge in [0.2, 0.25) is 23.6 Å². The van der Waals surface area contributed by atoms with Crippen molar-refractivity contribution < 1.29 is 28.7 Å². The van der Waals surface area contributed by atoms with Gasteiger partial charge in [0.05, 0.1) is 26.4 Å². The number of amides is 4. The van der Waals surface area contributed by atoms with E-state index in [1.807, 2.05) is 65.7 Å². The zero-order valence-electron chi connectivity index (χ0n) is 52.1. The fourth-order valence-corrected chi connectivity index (χ4v) is 10.4. The van der Waals surface area contributed by atoms with E-state index < -0.39 is 12.1 Å². The molecule has 0 radical (unpaired) electrons. The maximum atomic E-state index is 13.7. The third kappa shape index (κ3) is 43.6. The van der Waals surface area contributed by atoms with E-state index in [2.05, 4.69) is 34.3 Å². The first-order valence-electron chi connectivity index (χ1n) is 32.4. The van der Waals surface area contributed by atoms with Gasteiger partial charge in [0.15, 0.2) is 0 Å². The second kappa shape index (κ2) is 53.4. The molecule has 0 heterocycles. The molecule has 0 rings (SSSR count). The van der Waals surface area contributed by atoms with Gasteiger partial charge in [0, 0.05) is 52.1 Å². The van der Waals surface area contributed by atoms with E-state index in [9.17, 15) is 19.2 Å². The Morgan fingerprint density at radius 3 is 0.803 bits per heavy atom. The van der Waals surface area contributed by atoms with Crippen LogP contribution < -0.4 is 10.6 Å². The van der Waals surface area contributed by atoms with Crippen LogP contribution in [-0.2, 0) is 28.7 Å². The molecule has 0 aromatic rings. The van der Waals surface area contributed by atoms with E-state index in [1.54, 1.807) is 0 Å². The molecular formula is C64H128N6O6. The third-order valence-corrected chi connectivity index (χ3v) is 15.1. The number of nitrogens with zero attached hydrogens (tertiary/aromatic N) is 4. The van der Waals surface area contributed by atoms with Crippen LogP contribution in [0.2, 0.25) is 0 Å². The quantitative estimate of drug-likeness (QED) is 0.0577. The Hall–Kier alpha value is -2.28. The number of nitrogens with one attached hydrogen (secondary N) is 2. The van der Waals surface area contributed by atoms with Crippen LogP contribution in [0.5, 0.6) is 0 Å². The third-order valence-electron chi connectivity index (χ3n) is 15.1. The zero-order valence-corrected chi connectivity index (χ0v) is 52.1. The highest BCUT2D eigenvalue weighted by atomic mass is 16.5. The van der Waals surface area contributed by atoms with Crippen molar-refractivity contribution in [3.63, 3.8) is 0 Å². The summed E-state index contributed by atoms with van der Waals surface area (Å²) in [6.07, 6.45) is 45.3. The minimum absolute atomic E-state index is 0.0349. The van der Waals surface area contributed by atoms with Crippen molar-refractivity contribution in [3.8, 4) is 0 Å². The van der Waals surface area contributed by atoms with E-state index in [0.717, 1.165) is 38.5 Å². The fraction of sp³-hybridized carbons (Fsp3) is 0.938. The van der Waals surface area contributed by atoms with Crippen LogP contribution in [0.25, 0.3) is 0 Å². The van der Waals surface area contributed by atoms with Gasteiger partial charge in [-0.15, -0.1) is 0 Å². The number of carbonyl (C=O) groups is 4. The van der Waals surface area contributed by atoms with Crippen molar-refractivity contribution in [2.75, 3.05) is 93.9 Å². The van der Waals surface area contributed by atoms with E-state index in [-0.39, 0.29) is 35.5 Å². The number of ether oxygens (including phenoxy) is 2. The summed E-state index contributed by atoms with van der Waals surface area (Å²) in [4.78, 5) is 62.3. The summed E-state index contributed by atoms with van der Waals surface area (Å²) in [5.74, 6) is -0.229. The highest BCUT2D eigenvalue weighted by molar-refractivity contribution is 5.88. The van der Waals surface area contributed by atoms with Gasteiger partial charge in [0.1, 0.15) is 12.1 Å². The summed E-state index contributed by atoms with van der Waals surface area (Å²) in [6, 6.07) is -1.09. The van der Waals surface area contributed by atoms with Crippen LogP contribution in [0.4, 0.5) is 0 Å². The standard InChI is InChI=1S/C64H128N6O6/c1-11-13-15-17-19-21-23-25-27-29-31-33-35-37-39-41-43-45-59(71)69(51-49-67(7)8)61(57(3)4)63(73)65-47-53-75-55-56-76-54-48-66-64(74)62(58(5)6)70(52-50-68(9)10)60(72)46-44-42-40-38-36-34-32-30-28-26-24-22-20-18-16-14-12-2/h57-58,61-62H,11-56H2,1-10H3,(H,65,73)(H,66,74). The smallest absolute Gasteiger partial charge is 0.243 e. The Labute approximate surface area is 471 Å². The molecule has 12 heteroatoms. The lowest BCUT2D eigenvalue weighted by Gasteiger charge is -2.34. The van der Waals surface area contributed by atoms with Crippen molar-refractivity contribution >= 4 is 23.6 Å². The molecule has 4 amide bonds. The van der Waals surface area contributed by atoms with Gasteiger partial charge < -0.3 is 39.7 Å². The minimum atomic E-state index is -0.543. The topological polar surface area (TPSA) is 124 Å². The number of hydrogen-bond donors (Lipinski definition) is 2. The SMILES string of the molecule is CCCCCCCCCCCCCCCCCCCC(=O)N(CCN(C)C)C(C(=O)NCCOCCOCCNC(=O)C(C(C)C)N(CCN(C)C)C(=O)CCCCCCCCCCCCCCCCCCC)C(C)C. The molecule has 0 aliphatic carbocycles. The Morgan fingerprint density at radius 1 is 0.342 bits per heavy atom. The lowest BCUT2D eigenvalue weighted by molar-refractivity contribution is -0.142. The second-order valence-corrected chi connectivity index (χ2v) is 23.8. The van der Waals surface area contributed by atoms with Crippen LogP contribution in [0.1, 0.15) is 273 Å². The Balaban J connectivity index is 4.55. The van der Waals surface area contributed by atoms with Gasteiger partial charge in [-0.1, -0.05) is 247 Å². The molecule has 2 atom stereocenters. The molecule has 2 unspecified atom stereocenters. The van der Waals surface area contributed by atoms with Crippen molar-refractivity contribution in [1.29, 1.82) is 0 Å². The van der Waals surface area contributed by atoms with E-state index in [1.165, 1.54) is 180 Å². The van der Waals surface area contributed by atoms with Crippen LogP contribution in [0, 0.1) is 11.8 Å². The Bertz CT molecular complexity index is 1230. The summed E-state index contributed by atoms with van der Waals surface area (Å²) in [6.45, 7) is 17.1. The lowest BCUT2D eigenvalue weighted by Crippen LogP contribution is -2.54. The average molecular weight is 1080 g/mol. The van der Waals surface area contributed by atoms with Crippen molar-refractivity contribution in [2.45, 2.75) is 285 Å². The highest BCUT2D eigenvalue weighted by Gasteiger charge is 2.33. The lowest BCUT2D eigenvalue weighted by atomic mass is 10.00. The molecule has 450 valence electrons. The van der Waals surface area contributed by atoms with Crippen LogP contribution in [0.3, 0.4) is 0 Å². The van der Waals surface area contributed by atoms with Crippen molar-refractivity contribution in [3.05, 3.63) is 0 Å². The van der Waals surface area contributed by atoms with E-state index >= 15 is 0 Å². The predicted octanol–water partition coefficient (Wildman–Crippen LogP) is 14.2. The number of rotatable bonds is 57. The summed E-state index contributed by atoms with van der Waals surface area (Å²) in [5.41, 5.74) is 0. The molecule has 0 aromatic heterocycles. The molecule has 12 nitrogen and oxygen atoms in total. The monoisotopic (exact) mass is 1080 g/mol. The summed E-state index contributed by atoms with van der Waals surface area (Å²) in [7, 11) is 7.99. The molecule has 0 fully saturated rings. The zero-order chi connectivity index (χ0) is 56.3. The predicted molar refractivity (Wildman–Crippen MR) is 323 cm³/mol. The second-order valence-electron chi connectivity index (χ2n) is 23.8. The van der Waals surface area contributed by atoms with Crippen molar-refractivity contribution in [2.24, 2.45) is 11.8 Å². The molecule has 0 saturated heterocycles. The maximum absolute atomic E-state index is 13.7. The molecule has 2 N–H and O–H groups in total. The van der Waals surface area contributed by atoms with Gasteiger partial charge in [0.25, 0.3) is 0 Å². The first-order chi connectivity index (χ1) is 36.8. The van der Waals surface area contributed by atoms with Gasteiger partial charge in [-0.25, -0.2) is 0 Å². The van der Waals surface area contributed by atoms with Crippen LogP contribution in [-0.4, -0.2) is 149 Å². The summed E-state index contributed by atoms with van der Waals surface area (Å²) in [5, 5.41) is 6.07. The normalized spacial score (nSPS) is 12.6. The maximum Gasteiger partial charge on any atom is 0.243 e. The molecule has 0 aromatic carbocycles. The molecule has 0 spiro atoms. The Kier molecular flexibility index (Phi) is 51.8. The average Bonchev–Trinajstić information content (AvgIpc) is 3.38. The van der Waals surface area contributed by atoms with Crippen molar-refractivity contribution in [1.82, 2.24) is 30.2 Å². The molecular weight excluding hydrogens is 949 g/mol. The largest absolute Gasteiger partial charge is 0.377 e. The van der Waals surface area contributed by atoms with Gasteiger partial charge in [-0.2, -0.15) is 0 Å². The fourth-order valence-electron chi connectivity index (χ4n) is 10.4. The molecule has 76 heavy (non-hydrogen) atoms. The van der Waals surface area contributed by atoms with E-state index in [0.29, 0.717) is 78.5 Å². The number of carbonyl (C=O) groups excluding carboxylic acids is 4. The molecule has 0 aliphatic heterocycles. The number of hydrogen-bond acceptors (Lipinski definition) is 8. The molecule has 0 aliphatic rings. The number of unbranched alkanes of at least 4 members (excludes halogenated alkanes) is 32. The summed E-state index contributed by atoms with van der Waals surface area (Å²) >= 11 is 0. The van der Waals surface area contributed by atoms with Crippen LogP contribution in [0.15, 0.2) is 0 Å². The molecule has 0 saturated carbocycles. The Morgan fingerprint density at radius 2 is 0.579 bits per heavy atom. The van der Waals surface area contributed by atoms with E-state index in [4.69, 9.17) is 9.47 Å². The number of likely N-dealkylation sites (N-methyl/N-ethyl adjacent to an activating group) is 2. The van der Waals surface area contributed by atoms with Crippen LogP contribution >= 0.6 is 0 Å². The van der Waals surface area contributed by atoms with Gasteiger partial charge in [-0.3, -0.25) is 19.2 Å². The first kappa shape index (κ1) is 73.7. The first-order valence-corrected chi connectivity index (χ1v) is 32.4. The highest BCUT2D eigenvalue weighted by Crippen LogP contribution is 2.20. The minimum Gasteiger partial charge on any atom is -0.377 e. The molecule has 0 bridgehead atoms.